The normalized spacial score (nSPS) is 15.2. The number of halogens is 2. The van der Waals surface area contributed by atoms with Crippen molar-refractivity contribution in [3.05, 3.63) is 81.0 Å². The molecule has 0 unspecified atom stereocenters. The van der Waals surface area contributed by atoms with Gasteiger partial charge in [0.05, 0.1) is 21.3 Å². The van der Waals surface area contributed by atoms with E-state index in [4.69, 9.17) is 39.8 Å². The lowest BCUT2D eigenvalue weighted by atomic mass is 10.0. The number of carboxylic acid groups (broad SMARTS) is 1. The summed E-state index contributed by atoms with van der Waals surface area (Å²) in [5.74, 6) is -1.84. The minimum atomic E-state index is -1.05. The van der Waals surface area contributed by atoms with Crippen molar-refractivity contribution in [3.8, 4) is 11.3 Å². The van der Waals surface area contributed by atoms with E-state index in [1.54, 1.807) is 49.4 Å². The number of carbonyl (C=O) groups is 3. The molecule has 3 aromatic rings. The maximum Gasteiger partial charge on any atom is 0.335 e. The van der Waals surface area contributed by atoms with E-state index in [0.29, 0.717) is 16.9 Å². The maximum atomic E-state index is 13.2. The predicted molar refractivity (Wildman–Crippen MR) is 129 cm³/mol. The molecule has 2 aromatic carbocycles. The molecule has 7 nitrogen and oxygen atoms in total. The Morgan fingerprint density at radius 1 is 1.12 bits per heavy atom. The molecular formula is C23H14Cl2N2O5S. The van der Waals surface area contributed by atoms with Crippen LogP contribution in [0, 0.1) is 6.92 Å². The lowest BCUT2D eigenvalue weighted by molar-refractivity contribution is -0.122. The van der Waals surface area contributed by atoms with E-state index in [9.17, 15) is 19.5 Å². The molecule has 4 rings (SSSR count). The summed E-state index contributed by atoms with van der Waals surface area (Å²) in [5, 5.41) is 12.0. The van der Waals surface area contributed by atoms with Crippen LogP contribution >= 0.6 is 35.4 Å². The Morgan fingerprint density at radius 2 is 1.85 bits per heavy atom. The standard InChI is InChI=1S/C23H14Cl2N2O5S/c1-11-13(4-2-5-14(11)22(30)31)18-9-8-12(32-18)10-15-20(28)26-23(33)27(21(15)29)17-7-3-6-16(24)19(17)25/h2-10H,1H3,(H,30,31)(H,26,28,33)/b15-10+. The summed E-state index contributed by atoms with van der Waals surface area (Å²) in [6.07, 6.45) is 1.28. The van der Waals surface area contributed by atoms with Gasteiger partial charge in [-0.25, -0.2) is 4.79 Å². The highest BCUT2D eigenvalue weighted by molar-refractivity contribution is 7.80. The molecule has 1 aliphatic rings. The second-order valence-corrected chi connectivity index (χ2v) is 8.19. The molecule has 1 aliphatic heterocycles. The molecule has 166 valence electrons. The van der Waals surface area contributed by atoms with Crippen LogP contribution in [0.2, 0.25) is 10.0 Å². The number of aromatic carboxylic acids is 1. The number of furan rings is 1. The first-order chi connectivity index (χ1) is 15.7. The Bertz CT molecular complexity index is 1380. The number of amides is 2. The molecule has 0 aliphatic carbocycles. The smallest absolute Gasteiger partial charge is 0.335 e. The summed E-state index contributed by atoms with van der Waals surface area (Å²) in [7, 11) is 0. The van der Waals surface area contributed by atoms with Gasteiger partial charge < -0.3 is 9.52 Å². The number of rotatable bonds is 4. The molecule has 2 N–H and O–H groups in total. The fourth-order valence-corrected chi connectivity index (χ4v) is 4.05. The molecule has 2 amide bonds. The van der Waals surface area contributed by atoms with Gasteiger partial charge in [-0.2, -0.15) is 0 Å². The summed E-state index contributed by atoms with van der Waals surface area (Å²) in [6.45, 7) is 1.67. The first kappa shape index (κ1) is 22.7. The molecule has 0 radical (unpaired) electrons. The molecule has 0 saturated carbocycles. The van der Waals surface area contributed by atoms with Crippen LogP contribution in [0.3, 0.4) is 0 Å². The van der Waals surface area contributed by atoms with Gasteiger partial charge in [0.25, 0.3) is 11.8 Å². The van der Waals surface area contributed by atoms with Crippen LogP contribution in [-0.2, 0) is 9.59 Å². The summed E-state index contributed by atoms with van der Waals surface area (Å²) in [6, 6.07) is 12.7. The van der Waals surface area contributed by atoms with Gasteiger partial charge >= 0.3 is 5.97 Å². The number of carbonyl (C=O) groups excluding carboxylic acids is 2. The van der Waals surface area contributed by atoms with E-state index in [2.05, 4.69) is 5.32 Å². The number of nitrogens with one attached hydrogen (secondary N) is 1. The molecule has 0 spiro atoms. The number of anilines is 1. The highest BCUT2D eigenvalue weighted by Crippen LogP contribution is 2.35. The van der Waals surface area contributed by atoms with Gasteiger partial charge in [-0.15, -0.1) is 0 Å². The van der Waals surface area contributed by atoms with Crippen molar-refractivity contribution in [2.45, 2.75) is 6.92 Å². The highest BCUT2D eigenvalue weighted by atomic mass is 35.5. The van der Waals surface area contributed by atoms with Crippen molar-refractivity contribution in [3.63, 3.8) is 0 Å². The van der Waals surface area contributed by atoms with Crippen LogP contribution in [0.15, 0.2) is 58.5 Å². The van der Waals surface area contributed by atoms with E-state index in [-0.39, 0.29) is 37.7 Å². The summed E-state index contributed by atoms with van der Waals surface area (Å²) < 4.78 is 5.80. The average Bonchev–Trinajstić information content (AvgIpc) is 3.22. The van der Waals surface area contributed by atoms with Crippen molar-refractivity contribution >= 4 is 70.1 Å². The monoisotopic (exact) mass is 500 g/mol. The first-order valence-corrected chi connectivity index (χ1v) is 10.6. The van der Waals surface area contributed by atoms with Crippen LogP contribution in [0.25, 0.3) is 17.4 Å². The fourth-order valence-electron chi connectivity index (χ4n) is 3.39. The zero-order valence-corrected chi connectivity index (χ0v) is 19.2. The fraction of sp³-hybridized carbons (Fsp3) is 0.0435. The molecule has 10 heteroatoms. The van der Waals surface area contributed by atoms with Crippen molar-refractivity contribution < 1.29 is 23.9 Å². The SMILES string of the molecule is Cc1c(C(=O)O)cccc1-c1ccc(/C=C2\C(=O)NC(=S)N(c3cccc(Cl)c3Cl)C2=O)o1. The number of thiocarbonyl (C=S) groups is 1. The van der Waals surface area contributed by atoms with Gasteiger partial charge in [0.1, 0.15) is 17.1 Å². The van der Waals surface area contributed by atoms with Crippen LogP contribution < -0.4 is 10.2 Å². The van der Waals surface area contributed by atoms with Crippen molar-refractivity contribution in [2.75, 3.05) is 4.90 Å². The van der Waals surface area contributed by atoms with Gasteiger partial charge in [0, 0.05) is 5.56 Å². The van der Waals surface area contributed by atoms with Gasteiger partial charge in [0.15, 0.2) is 5.11 Å². The second-order valence-electron chi connectivity index (χ2n) is 7.02. The molecular weight excluding hydrogens is 487 g/mol. The molecule has 1 saturated heterocycles. The zero-order chi connectivity index (χ0) is 23.9. The van der Waals surface area contributed by atoms with Crippen molar-refractivity contribution in [1.29, 1.82) is 0 Å². The molecule has 1 fully saturated rings. The maximum absolute atomic E-state index is 13.2. The van der Waals surface area contributed by atoms with Crippen LogP contribution in [0.5, 0.6) is 0 Å². The molecule has 0 bridgehead atoms. The van der Waals surface area contributed by atoms with E-state index >= 15 is 0 Å². The van der Waals surface area contributed by atoms with E-state index in [0.717, 1.165) is 4.90 Å². The molecule has 2 heterocycles. The minimum Gasteiger partial charge on any atom is -0.478 e. The minimum absolute atomic E-state index is 0.111. The Kier molecular flexibility index (Phi) is 6.07. The zero-order valence-electron chi connectivity index (χ0n) is 16.9. The Hall–Kier alpha value is -3.46. The summed E-state index contributed by atoms with van der Waals surface area (Å²) in [4.78, 5) is 38.2. The lowest BCUT2D eigenvalue weighted by Crippen LogP contribution is -2.54. The van der Waals surface area contributed by atoms with Gasteiger partial charge in [-0.05, 0) is 61.1 Å². The number of hydrogen-bond donors (Lipinski definition) is 2. The van der Waals surface area contributed by atoms with Crippen LogP contribution in [-0.4, -0.2) is 28.0 Å². The van der Waals surface area contributed by atoms with Crippen LogP contribution in [0.4, 0.5) is 5.69 Å². The Balaban J connectivity index is 1.72. The number of carboxylic acids is 1. The number of benzene rings is 2. The van der Waals surface area contributed by atoms with E-state index < -0.39 is 17.8 Å². The van der Waals surface area contributed by atoms with Crippen molar-refractivity contribution in [2.24, 2.45) is 0 Å². The van der Waals surface area contributed by atoms with Gasteiger partial charge in [-0.3, -0.25) is 19.8 Å². The third-order valence-electron chi connectivity index (χ3n) is 5.02. The largest absolute Gasteiger partial charge is 0.478 e. The van der Waals surface area contributed by atoms with E-state index in [1.165, 1.54) is 12.1 Å². The first-order valence-electron chi connectivity index (χ1n) is 9.47. The Labute approximate surface area is 203 Å². The van der Waals surface area contributed by atoms with Gasteiger partial charge in [0.2, 0.25) is 0 Å². The average molecular weight is 501 g/mol. The lowest BCUT2D eigenvalue weighted by Gasteiger charge is -2.29. The molecule has 0 atom stereocenters. The third kappa shape index (κ3) is 4.16. The Morgan fingerprint density at radius 3 is 2.58 bits per heavy atom. The predicted octanol–water partition coefficient (Wildman–Crippen LogP) is 5.09. The van der Waals surface area contributed by atoms with E-state index in [1.807, 2.05) is 0 Å². The summed E-state index contributed by atoms with van der Waals surface area (Å²) in [5.41, 5.74) is 1.25. The topological polar surface area (TPSA) is 99.8 Å². The quantitative estimate of drug-likeness (QED) is 0.294. The number of hydrogen-bond acceptors (Lipinski definition) is 5. The molecule has 33 heavy (non-hydrogen) atoms. The third-order valence-corrected chi connectivity index (χ3v) is 6.11. The number of nitrogens with zero attached hydrogens (tertiary/aromatic N) is 1. The second kappa shape index (κ2) is 8.82. The molecule has 1 aromatic heterocycles. The van der Waals surface area contributed by atoms with Gasteiger partial charge in [-0.1, -0.05) is 41.4 Å². The van der Waals surface area contributed by atoms with Crippen LogP contribution in [0.1, 0.15) is 21.7 Å². The highest BCUT2D eigenvalue weighted by Gasteiger charge is 2.36. The van der Waals surface area contributed by atoms with Crippen molar-refractivity contribution in [1.82, 2.24) is 5.32 Å². The summed E-state index contributed by atoms with van der Waals surface area (Å²) >= 11 is 17.5.